The minimum Gasteiger partial charge on any atom is -0.259 e. The maximum atomic E-state index is 9.28. The highest BCUT2D eigenvalue weighted by Crippen LogP contribution is 2.45. The highest BCUT2D eigenvalue weighted by Gasteiger charge is 2.40. The van der Waals surface area contributed by atoms with Gasteiger partial charge in [-0.05, 0) is 30.9 Å². The van der Waals surface area contributed by atoms with Crippen LogP contribution in [0.3, 0.4) is 0 Å². The van der Waals surface area contributed by atoms with Gasteiger partial charge in [-0.1, -0.05) is 24.0 Å². The summed E-state index contributed by atoms with van der Waals surface area (Å²) in [6, 6.07) is 4.57. The average Bonchev–Trinajstić information content (AvgIpc) is 2.56. The van der Waals surface area contributed by atoms with E-state index in [-0.39, 0.29) is 5.41 Å². The zero-order chi connectivity index (χ0) is 11.2. The van der Waals surface area contributed by atoms with Crippen LogP contribution >= 0.6 is 24.0 Å². The van der Waals surface area contributed by atoms with E-state index in [1.807, 2.05) is 6.20 Å². The first kappa shape index (κ1) is 10.2. The average molecular weight is 246 g/mol. The van der Waals surface area contributed by atoms with Gasteiger partial charge in [0.2, 0.25) is 0 Å². The molecule has 0 N–H and O–H groups in total. The molecule has 1 fully saturated rings. The largest absolute Gasteiger partial charge is 0.259 e. The molecule has 1 aromatic rings. The Morgan fingerprint density at radius 3 is 2.94 bits per heavy atom. The SMILES string of the molecule is N#CC1(c2cnc3c(c2)SC(=S)C3)CCC1. The molecule has 1 aliphatic heterocycles. The first-order chi connectivity index (χ1) is 7.73. The second kappa shape index (κ2) is 3.54. The summed E-state index contributed by atoms with van der Waals surface area (Å²) in [5.41, 5.74) is 1.90. The minimum atomic E-state index is -0.257. The van der Waals surface area contributed by atoms with Crippen LogP contribution in [0.2, 0.25) is 0 Å². The number of thioether (sulfide) groups is 1. The van der Waals surface area contributed by atoms with Crippen molar-refractivity contribution in [2.75, 3.05) is 0 Å². The summed E-state index contributed by atoms with van der Waals surface area (Å²) in [6.45, 7) is 0. The number of thiocarbonyl (C=S) groups is 1. The van der Waals surface area contributed by atoms with Crippen LogP contribution in [-0.4, -0.2) is 9.18 Å². The molecule has 0 unspecified atom stereocenters. The van der Waals surface area contributed by atoms with Crippen LogP contribution < -0.4 is 0 Å². The zero-order valence-corrected chi connectivity index (χ0v) is 10.3. The number of nitrogens with zero attached hydrogens (tertiary/aromatic N) is 2. The fraction of sp³-hybridized carbons (Fsp3) is 0.417. The van der Waals surface area contributed by atoms with E-state index in [4.69, 9.17) is 12.2 Å². The summed E-state index contributed by atoms with van der Waals surface area (Å²) in [5.74, 6) is 0. The Kier molecular flexibility index (Phi) is 2.27. The van der Waals surface area contributed by atoms with Crippen LogP contribution in [0.5, 0.6) is 0 Å². The third-order valence-electron chi connectivity index (χ3n) is 3.44. The van der Waals surface area contributed by atoms with E-state index in [0.717, 1.165) is 46.0 Å². The molecule has 1 aromatic heterocycles. The van der Waals surface area contributed by atoms with Gasteiger partial charge in [-0.25, -0.2) is 0 Å². The van der Waals surface area contributed by atoms with Crippen LogP contribution in [0.25, 0.3) is 0 Å². The predicted octanol–water partition coefficient (Wildman–Crippen LogP) is 3.00. The van der Waals surface area contributed by atoms with Crippen molar-refractivity contribution in [2.45, 2.75) is 36.0 Å². The summed E-state index contributed by atoms with van der Waals surface area (Å²) in [6.07, 6.45) is 5.76. The van der Waals surface area contributed by atoms with Crippen molar-refractivity contribution in [3.63, 3.8) is 0 Å². The molecular formula is C12H10N2S2. The number of hydrogen-bond acceptors (Lipinski definition) is 4. The molecule has 0 atom stereocenters. The molecule has 0 bridgehead atoms. The number of fused-ring (bicyclic) bond motifs is 1. The molecule has 2 heterocycles. The molecule has 2 aliphatic rings. The Balaban J connectivity index is 2.03. The van der Waals surface area contributed by atoms with Gasteiger partial charge in [0.25, 0.3) is 0 Å². The molecule has 0 spiro atoms. The molecular weight excluding hydrogens is 236 g/mol. The molecule has 4 heteroatoms. The van der Waals surface area contributed by atoms with Crippen molar-refractivity contribution in [1.82, 2.24) is 4.98 Å². The maximum Gasteiger partial charge on any atom is 0.0837 e. The Labute approximate surface area is 104 Å². The lowest BCUT2D eigenvalue weighted by Gasteiger charge is -2.35. The van der Waals surface area contributed by atoms with Crippen molar-refractivity contribution in [3.8, 4) is 6.07 Å². The molecule has 0 radical (unpaired) electrons. The van der Waals surface area contributed by atoms with Gasteiger partial charge in [-0.15, -0.1) is 0 Å². The fourth-order valence-electron chi connectivity index (χ4n) is 2.25. The molecule has 0 amide bonds. The van der Waals surface area contributed by atoms with E-state index in [2.05, 4.69) is 17.1 Å². The summed E-state index contributed by atoms with van der Waals surface area (Å²) in [5, 5.41) is 9.28. The quantitative estimate of drug-likeness (QED) is 0.714. The highest BCUT2D eigenvalue weighted by molar-refractivity contribution is 8.23. The third kappa shape index (κ3) is 1.39. The topological polar surface area (TPSA) is 36.7 Å². The molecule has 3 rings (SSSR count). The van der Waals surface area contributed by atoms with Gasteiger partial charge in [-0.2, -0.15) is 5.26 Å². The van der Waals surface area contributed by atoms with E-state index in [9.17, 15) is 5.26 Å². The van der Waals surface area contributed by atoms with Gasteiger partial charge in [0.1, 0.15) is 0 Å². The lowest BCUT2D eigenvalue weighted by atomic mass is 9.66. The summed E-state index contributed by atoms with van der Waals surface area (Å²) in [4.78, 5) is 5.60. The molecule has 0 saturated heterocycles. The van der Waals surface area contributed by atoms with Crippen LogP contribution in [0.4, 0.5) is 0 Å². The Morgan fingerprint density at radius 2 is 2.31 bits per heavy atom. The first-order valence-corrected chi connectivity index (χ1v) is 6.57. The normalized spacial score (nSPS) is 21.1. The lowest BCUT2D eigenvalue weighted by molar-refractivity contribution is 0.322. The van der Waals surface area contributed by atoms with Gasteiger partial charge in [0.15, 0.2) is 0 Å². The molecule has 1 saturated carbocycles. The lowest BCUT2D eigenvalue weighted by Crippen LogP contribution is -2.32. The summed E-state index contributed by atoms with van der Waals surface area (Å²) >= 11 is 6.82. The van der Waals surface area contributed by atoms with E-state index in [1.54, 1.807) is 11.8 Å². The maximum absolute atomic E-state index is 9.28. The second-order valence-electron chi connectivity index (χ2n) is 4.37. The van der Waals surface area contributed by atoms with E-state index >= 15 is 0 Å². The zero-order valence-electron chi connectivity index (χ0n) is 8.69. The van der Waals surface area contributed by atoms with Gasteiger partial charge >= 0.3 is 0 Å². The van der Waals surface area contributed by atoms with Crippen LogP contribution in [0, 0.1) is 11.3 Å². The number of aromatic nitrogens is 1. The van der Waals surface area contributed by atoms with Crippen molar-refractivity contribution < 1.29 is 0 Å². The number of rotatable bonds is 1. The van der Waals surface area contributed by atoms with Crippen molar-refractivity contribution in [2.24, 2.45) is 0 Å². The van der Waals surface area contributed by atoms with Crippen molar-refractivity contribution in [3.05, 3.63) is 23.5 Å². The van der Waals surface area contributed by atoms with Gasteiger partial charge in [-0.3, -0.25) is 4.98 Å². The van der Waals surface area contributed by atoms with Crippen LogP contribution in [0.15, 0.2) is 17.2 Å². The van der Waals surface area contributed by atoms with Crippen LogP contribution in [-0.2, 0) is 11.8 Å². The van der Waals surface area contributed by atoms with E-state index in [1.165, 1.54) is 0 Å². The minimum absolute atomic E-state index is 0.257. The fourth-order valence-corrected chi connectivity index (χ4v) is 3.54. The molecule has 2 nitrogen and oxygen atoms in total. The summed E-state index contributed by atoms with van der Waals surface area (Å²) < 4.78 is 0.985. The molecule has 80 valence electrons. The van der Waals surface area contributed by atoms with Gasteiger partial charge < -0.3 is 0 Å². The monoisotopic (exact) mass is 246 g/mol. The number of nitriles is 1. The van der Waals surface area contributed by atoms with E-state index < -0.39 is 0 Å². The number of hydrogen-bond donors (Lipinski definition) is 0. The third-order valence-corrected chi connectivity index (χ3v) is 4.78. The Bertz CT molecular complexity index is 512. The highest BCUT2D eigenvalue weighted by atomic mass is 32.2. The molecule has 16 heavy (non-hydrogen) atoms. The smallest absolute Gasteiger partial charge is 0.0837 e. The Hall–Kier alpha value is -0.920. The standard InChI is InChI=1S/C12H10N2S2/c13-7-12(2-1-3-12)8-4-10-9(14-6-8)5-11(15)16-10/h4,6H,1-3,5H2. The van der Waals surface area contributed by atoms with E-state index in [0.29, 0.717) is 0 Å². The Morgan fingerprint density at radius 1 is 1.50 bits per heavy atom. The summed E-state index contributed by atoms with van der Waals surface area (Å²) in [7, 11) is 0. The van der Waals surface area contributed by atoms with Gasteiger partial charge in [0, 0.05) is 17.5 Å². The van der Waals surface area contributed by atoms with Gasteiger partial charge in [0.05, 0.1) is 21.4 Å². The van der Waals surface area contributed by atoms with Crippen molar-refractivity contribution in [1.29, 1.82) is 5.26 Å². The van der Waals surface area contributed by atoms with Crippen molar-refractivity contribution >= 4 is 28.2 Å². The van der Waals surface area contributed by atoms with Crippen LogP contribution in [0.1, 0.15) is 30.5 Å². The first-order valence-electron chi connectivity index (χ1n) is 5.35. The molecule has 1 aliphatic carbocycles. The predicted molar refractivity (Wildman–Crippen MR) is 67.5 cm³/mol. The second-order valence-corrected chi connectivity index (χ2v) is 6.26. The molecule has 0 aromatic carbocycles. The number of pyridine rings is 1.